The largest absolute Gasteiger partial charge is 0.0776 e. The Balaban J connectivity index is -0.000000368. The van der Waals surface area contributed by atoms with Crippen molar-refractivity contribution in [2.45, 2.75) is 55.4 Å². The molecule has 0 aliphatic carbocycles. The fraction of sp³-hybridized carbons (Fsp3) is 0.400. The summed E-state index contributed by atoms with van der Waals surface area (Å²) in [5.74, 6) is 0. The molecule has 0 bridgehead atoms. The van der Waals surface area contributed by atoms with Crippen LogP contribution in [0, 0.1) is 0 Å². The summed E-state index contributed by atoms with van der Waals surface area (Å²) in [4.78, 5) is 0. The van der Waals surface area contributed by atoms with E-state index < -0.39 is 0 Å². The van der Waals surface area contributed by atoms with Crippen LogP contribution in [0.3, 0.4) is 0 Å². The van der Waals surface area contributed by atoms with Crippen molar-refractivity contribution < 1.29 is 0 Å². The molecular formula is C20H34. The first-order chi connectivity index (χ1) is 9.45. The normalized spacial score (nSPS) is 7.30. The van der Waals surface area contributed by atoms with Crippen molar-refractivity contribution in [1.82, 2.24) is 0 Å². The molecule has 0 nitrogen and oxygen atoms in total. The molecular weight excluding hydrogens is 240 g/mol. The highest BCUT2D eigenvalue weighted by molar-refractivity contribution is 5.25. The molecule has 0 saturated carbocycles. The van der Waals surface area contributed by atoms with E-state index in [1.807, 2.05) is 41.5 Å². The summed E-state index contributed by atoms with van der Waals surface area (Å²) in [6, 6.07) is 21.1. The van der Waals surface area contributed by atoms with Crippen LogP contribution in [0.4, 0.5) is 0 Å². The van der Waals surface area contributed by atoms with Crippen LogP contribution in [0.5, 0.6) is 0 Å². The third kappa shape index (κ3) is 11.5. The van der Waals surface area contributed by atoms with E-state index >= 15 is 0 Å². The van der Waals surface area contributed by atoms with Crippen LogP contribution in [0.2, 0.25) is 0 Å². The smallest absolute Gasteiger partial charge is 0.00258 e. The van der Waals surface area contributed by atoms with Crippen LogP contribution >= 0.6 is 0 Å². The van der Waals surface area contributed by atoms with Crippen molar-refractivity contribution in [3.63, 3.8) is 0 Å². The van der Waals surface area contributed by atoms with Crippen LogP contribution in [0.15, 0.2) is 60.7 Å². The van der Waals surface area contributed by atoms with Gasteiger partial charge in [-0.15, -0.1) is 0 Å². The molecule has 0 N–H and O–H groups in total. The maximum absolute atomic E-state index is 2.16. The minimum atomic E-state index is 0. The highest BCUT2D eigenvalue weighted by Gasteiger charge is 1.92. The summed E-state index contributed by atoms with van der Waals surface area (Å²) < 4.78 is 0. The first-order valence-corrected chi connectivity index (χ1v) is 7.53. The lowest BCUT2D eigenvalue weighted by Crippen LogP contribution is -1.85. The van der Waals surface area contributed by atoms with Crippen molar-refractivity contribution in [2.24, 2.45) is 0 Å². The molecule has 0 radical (unpaired) electrons. The Hall–Kier alpha value is -1.56. The van der Waals surface area contributed by atoms with Gasteiger partial charge in [0.2, 0.25) is 0 Å². The summed E-state index contributed by atoms with van der Waals surface area (Å²) in [5.41, 5.74) is 2.74. The maximum Gasteiger partial charge on any atom is -0.00258 e. The van der Waals surface area contributed by atoms with Crippen molar-refractivity contribution in [1.29, 1.82) is 0 Å². The minimum Gasteiger partial charge on any atom is -0.0776 e. The molecule has 0 saturated heterocycles. The van der Waals surface area contributed by atoms with E-state index in [0.29, 0.717) is 0 Å². The van der Waals surface area contributed by atoms with Gasteiger partial charge in [0, 0.05) is 0 Å². The van der Waals surface area contributed by atoms with Gasteiger partial charge in [0.1, 0.15) is 0 Å². The summed E-state index contributed by atoms with van der Waals surface area (Å²) in [6.07, 6.45) is 1.03. The molecule has 0 unspecified atom stereocenters. The quantitative estimate of drug-likeness (QED) is 0.553. The van der Waals surface area contributed by atoms with Crippen LogP contribution in [-0.4, -0.2) is 0 Å². The highest BCUT2D eigenvalue weighted by atomic mass is 14.0. The van der Waals surface area contributed by atoms with E-state index in [1.165, 1.54) is 11.1 Å². The predicted molar refractivity (Wildman–Crippen MR) is 96.5 cm³/mol. The Morgan fingerprint density at radius 1 is 0.500 bits per heavy atom. The van der Waals surface area contributed by atoms with Crippen molar-refractivity contribution in [2.75, 3.05) is 0 Å². The molecule has 2 rings (SSSR count). The van der Waals surface area contributed by atoms with Gasteiger partial charge in [0.25, 0.3) is 0 Å². The monoisotopic (exact) mass is 274 g/mol. The van der Waals surface area contributed by atoms with E-state index in [1.54, 1.807) is 0 Å². The number of rotatable bonds is 2. The Kier molecular flexibility index (Phi) is 23.3. The van der Waals surface area contributed by atoms with Crippen LogP contribution in [-0.2, 0) is 6.42 Å². The molecule has 0 fully saturated rings. The summed E-state index contributed by atoms with van der Waals surface area (Å²) >= 11 is 0. The number of hydrogen-bond acceptors (Lipinski definition) is 0. The van der Waals surface area contributed by atoms with Crippen molar-refractivity contribution in [3.8, 4) is 0 Å². The molecule has 0 atom stereocenters. The molecule has 0 spiro atoms. The summed E-state index contributed by atoms with van der Waals surface area (Å²) in [6.45, 7) is 12.0. The van der Waals surface area contributed by atoms with Gasteiger partial charge in [-0.2, -0.15) is 0 Å². The van der Waals surface area contributed by atoms with Crippen molar-refractivity contribution in [3.05, 3.63) is 71.8 Å². The molecule has 0 heterocycles. The average Bonchev–Trinajstić information content (AvgIpc) is 2.55. The topological polar surface area (TPSA) is 0 Å². The molecule has 0 heteroatoms. The van der Waals surface area contributed by atoms with Gasteiger partial charge >= 0.3 is 0 Å². The van der Waals surface area contributed by atoms with Gasteiger partial charge in [-0.1, -0.05) is 110 Å². The Labute approximate surface area is 127 Å². The molecule has 0 aliphatic rings. The van der Waals surface area contributed by atoms with Gasteiger partial charge in [-0.05, 0) is 17.5 Å². The zero-order valence-electron chi connectivity index (χ0n) is 13.5. The molecule has 114 valence electrons. The van der Waals surface area contributed by atoms with Gasteiger partial charge in [-0.25, -0.2) is 0 Å². The van der Waals surface area contributed by atoms with Crippen LogP contribution in [0.25, 0.3) is 0 Å². The SMILES string of the molecule is C.CC.CC.CC.c1ccc(Cc2ccccc2)cc1. The van der Waals surface area contributed by atoms with Gasteiger partial charge in [0.15, 0.2) is 0 Å². The second-order valence-electron chi connectivity index (χ2n) is 3.15. The number of benzene rings is 2. The highest BCUT2D eigenvalue weighted by Crippen LogP contribution is 2.07. The molecule has 0 aromatic heterocycles. The zero-order valence-corrected chi connectivity index (χ0v) is 13.5. The average molecular weight is 274 g/mol. The van der Waals surface area contributed by atoms with E-state index in [4.69, 9.17) is 0 Å². The lowest BCUT2D eigenvalue weighted by atomic mass is 10.1. The Bertz CT molecular complexity index is 311. The minimum absolute atomic E-state index is 0. The van der Waals surface area contributed by atoms with Gasteiger partial charge in [0.05, 0.1) is 0 Å². The third-order valence-electron chi connectivity index (χ3n) is 2.09. The second kappa shape index (κ2) is 19.8. The van der Waals surface area contributed by atoms with E-state index in [2.05, 4.69) is 60.7 Å². The van der Waals surface area contributed by atoms with E-state index in [-0.39, 0.29) is 7.43 Å². The molecule has 0 aliphatic heterocycles. The first-order valence-electron chi connectivity index (χ1n) is 7.53. The van der Waals surface area contributed by atoms with Gasteiger partial charge in [-0.3, -0.25) is 0 Å². The summed E-state index contributed by atoms with van der Waals surface area (Å²) in [5, 5.41) is 0. The van der Waals surface area contributed by atoms with Crippen molar-refractivity contribution >= 4 is 0 Å². The van der Waals surface area contributed by atoms with E-state index in [9.17, 15) is 0 Å². The Morgan fingerprint density at radius 3 is 1.00 bits per heavy atom. The molecule has 0 amide bonds. The van der Waals surface area contributed by atoms with Gasteiger partial charge < -0.3 is 0 Å². The first kappa shape index (κ1) is 23.5. The number of hydrogen-bond donors (Lipinski definition) is 0. The molecule has 2 aromatic carbocycles. The molecule has 2 aromatic rings. The lowest BCUT2D eigenvalue weighted by Gasteiger charge is -2.00. The lowest BCUT2D eigenvalue weighted by molar-refractivity contribution is 1.19. The fourth-order valence-corrected chi connectivity index (χ4v) is 1.43. The Morgan fingerprint density at radius 2 is 0.750 bits per heavy atom. The molecule has 20 heavy (non-hydrogen) atoms. The standard InChI is InChI=1S/C13H12.3C2H6.CH4/c1-3-7-12(8-4-1)11-13-9-5-2-6-10-13;3*1-2;/h1-10H,11H2;3*1-2H3;1H4. The zero-order chi connectivity index (χ0) is 14.9. The second-order valence-corrected chi connectivity index (χ2v) is 3.15. The van der Waals surface area contributed by atoms with E-state index in [0.717, 1.165) is 6.42 Å². The van der Waals surface area contributed by atoms with Crippen LogP contribution in [0.1, 0.15) is 60.1 Å². The van der Waals surface area contributed by atoms with Crippen LogP contribution < -0.4 is 0 Å². The summed E-state index contributed by atoms with van der Waals surface area (Å²) in [7, 11) is 0. The maximum atomic E-state index is 2.16. The predicted octanol–water partition coefficient (Wildman–Crippen LogP) is 6.99. The third-order valence-corrected chi connectivity index (χ3v) is 2.09. The fourth-order valence-electron chi connectivity index (χ4n) is 1.43.